The molecule has 0 fully saturated rings. The first kappa shape index (κ1) is 22.8. The van der Waals surface area contributed by atoms with E-state index in [0.717, 1.165) is 16.5 Å². The molecule has 4 rings (SSSR count). The van der Waals surface area contributed by atoms with Crippen LogP contribution in [0.2, 0.25) is 0 Å². The number of ether oxygens (including phenoxy) is 1. The molecule has 1 heterocycles. The van der Waals surface area contributed by atoms with Gasteiger partial charge in [0, 0.05) is 23.4 Å². The number of aliphatic carboxylic acids is 1. The van der Waals surface area contributed by atoms with Crippen molar-refractivity contribution in [1.29, 1.82) is 0 Å². The molecule has 4 aromatic rings. The lowest BCUT2D eigenvalue weighted by molar-refractivity contribution is -0.142. The molecule has 0 saturated heterocycles. The summed E-state index contributed by atoms with van der Waals surface area (Å²) in [4.78, 5) is 36.5. The fourth-order valence-electron chi connectivity index (χ4n) is 3.75. The Morgan fingerprint density at radius 1 is 1.00 bits per heavy atom. The molecule has 1 amide bonds. The van der Waals surface area contributed by atoms with Gasteiger partial charge < -0.3 is 19.6 Å². The van der Waals surface area contributed by atoms with Crippen LogP contribution in [-0.2, 0) is 16.0 Å². The molecule has 2 N–H and O–H groups in total. The molecule has 1 atom stereocenters. The van der Waals surface area contributed by atoms with Crippen LogP contribution in [0, 0.1) is 6.92 Å². The van der Waals surface area contributed by atoms with E-state index in [4.69, 9.17) is 9.15 Å². The predicted octanol–water partition coefficient (Wildman–Crippen LogP) is 4.01. The molecule has 0 bridgehead atoms. The average molecular weight is 457 g/mol. The fourth-order valence-corrected chi connectivity index (χ4v) is 3.75. The van der Waals surface area contributed by atoms with E-state index in [1.165, 1.54) is 0 Å². The number of carboxylic acid groups (broad SMARTS) is 1. The molecule has 0 radical (unpaired) electrons. The van der Waals surface area contributed by atoms with Gasteiger partial charge in [0.1, 0.15) is 11.3 Å². The number of amides is 1. The first-order valence-corrected chi connectivity index (χ1v) is 10.7. The van der Waals surface area contributed by atoms with Gasteiger partial charge in [-0.15, -0.1) is 0 Å². The molecule has 34 heavy (non-hydrogen) atoms. The van der Waals surface area contributed by atoms with Crippen molar-refractivity contribution in [3.8, 4) is 5.75 Å². The summed E-state index contributed by atoms with van der Waals surface area (Å²) >= 11 is 0. The zero-order valence-electron chi connectivity index (χ0n) is 18.5. The minimum Gasteiger partial charge on any atom is -0.484 e. The highest BCUT2D eigenvalue weighted by Gasteiger charge is 2.22. The number of aryl methyl sites for hydroxylation is 1. The van der Waals surface area contributed by atoms with Crippen molar-refractivity contribution < 1.29 is 23.8 Å². The van der Waals surface area contributed by atoms with Crippen molar-refractivity contribution in [2.24, 2.45) is 0 Å². The molecule has 0 aliphatic rings. The van der Waals surface area contributed by atoms with Crippen molar-refractivity contribution in [3.05, 3.63) is 112 Å². The SMILES string of the molecule is Cc1c(Cc2ccccc2)c(=O)oc2cc(OCC(=O)NC(C(=O)O)c3ccccc3)ccc12. The fraction of sp³-hybridized carbons (Fsp3) is 0.148. The van der Waals surface area contributed by atoms with Crippen molar-refractivity contribution in [2.75, 3.05) is 6.61 Å². The van der Waals surface area contributed by atoms with Gasteiger partial charge in [0.05, 0.1) is 0 Å². The zero-order valence-corrected chi connectivity index (χ0v) is 18.5. The van der Waals surface area contributed by atoms with Gasteiger partial charge in [0.15, 0.2) is 12.6 Å². The van der Waals surface area contributed by atoms with Gasteiger partial charge in [-0.2, -0.15) is 0 Å². The highest BCUT2D eigenvalue weighted by Crippen LogP contribution is 2.25. The molecular weight excluding hydrogens is 434 g/mol. The molecule has 7 nitrogen and oxygen atoms in total. The van der Waals surface area contributed by atoms with Crippen LogP contribution in [0.3, 0.4) is 0 Å². The summed E-state index contributed by atoms with van der Waals surface area (Å²) in [7, 11) is 0. The third-order valence-electron chi connectivity index (χ3n) is 5.54. The van der Waals surface area contributed by atoms with E-state index >= 15 is 0 Å². The molecule has 1 unspecified atom stereocenters. The van der Waals surface area contributed by atoms with E-state index in [1.54, 1.807) is 48.5 Å². The van der Waals surface area contributed by atoms with Gasteiger partial charge in [0.25, 0.3) is 5.91 Å². The summed E-state index contributed by atoms with van der Waals surface area (Å²) < 4.78 is 11.1. The molecule has 0 aliphatic heterocycles. The molecule has 0 aliphatic carbocycles. The maximum Gasteiger partial charge on any atom is 0.340 e. The van der Waals surface area contributed by atoms with E-state index in [9.17, 15) is 19.5 Å². The summed E-state index contributed by atoms with van der Waals surface area (Å²) in [5, 5.41) is 12.7. The Morgan fingerprint density at radius 3 is 2.35 bits per heavy atom. The van der Waals surface area contributed by atoms with Crippen LogP contribution in [-0.4, -0.2) is 23.6 Å². The third kappa shape index (κ3) is 5.15. The second kappa shape index (κ2) is 10.0. The lowest BCUT2D eigenvalue weighted by Crippen LogP contribution is -2.36. The highest BCUT2D eigenvalue weighted by atomic mass is 16.5. The van der Waals surface area contributed by atoms with Crippen LogP contribution in [0.15, 0.2) is 88.1 Å². The van der Waals surface area contributed by atoms with Gasteiger partial charge in [0.2, 0.25) is 0 Å². The van der Waals surface area contributed by atoms with Crippen LogP contribution in [0.4, 0.5) is 0 Å². The largest absolute Gasteiger partial charge is 0.484 e. The molecule has 0 spiro atoms. The number of nitrogens with one attached hydrogen (secondary N) is 1. The van der Waals surface area contributed by atoms with Crippen LogP contribution in [0.1, 0.15) is 28.3 Å². The van der Waals surface area contributed by atoms with Crippen molar-refractivity contribution in [3.63, 3.8) is 0 Å². The van der Waals surface area contributed by atoms with Gasteiger partial charge in [-0.05, 0) is 35.7 Å². The molecule has 0 saturated carbocycles. The number of carboxylic acids is 1. The Hall–Kier alpha value is -4.39. The lowest BCUT2D eigenvalue weighted by Gasteiger charge is -2.15. The Labute approximate surface area is 195 Å². The number of rotatable bonds is 8. The standard InChI is InChI=1S/C27H23NO6/c1-17-21-13-12-20(15-23(21)34-27(32)22(17)14-18-8-4-2-5-9-18)33-16-24(29)28-25(26(30)31)19-10-6-3-7-11-19/h2-13,15,25H,14,16H2,1H3,(H,28,29)(H,30,31). The maximum atomic E-state index is 12.6. The number of benzene rings is 3. The number of carbonyl (C=O) groups is 2. The molecule has 3 aromatic carbocycles. The quantitative estimate of drug-likeness (QED) is 0.387. The van der Waals surface area contributed by atoms with E-state index < -0.39 is 30.2 Å². The Morgan fingerprint density at radius 2 is 1.68 bits per heavy atom. The molecule has 7 heteroatoms. The number of hydrogen-bond donors (Lipinski definition) is 2. The van der Waals surface area contributed by atoms with Crippen LogP contribution in [0.25, 0.3) is 11.0 Å². The van der Waals surface area contributed by atoms with Gasteiger partial charge in [-0.3, -0.25) is 4.79 Å². The van der Waals surface area contributed by atoms with Gasteiger partial charge in [-0.25, -0.2) is 9.59 Å². The number of carbonyl (C=O) groups excluding carboxylic acids is 1. The van der Waals surface area contributed by atoms with Gasteiger partial charge >= 0.3 is 11.6 Å². The van der Waals surface area contributed by atoms with Gasteiger partial charge in [-0.1, -0.05) is 60.7 Å². The Balaban J connectivity index is 1.47. The minimum atomic E-state index is -1.18. The van der Waals surface area contributed by atoms with Crippen LogP contribution in [0.5, 0.6) is 5.75 Å². The highest BCUT2D eigenvalue weighted by molar-refractivity contribution is 5.86. The van der Waals surface area contributed by atoms with E-state index in [1.807, 2.05) is 37.3 Å². The second-order valence-corrected chi connectivity index (χ2v) is 7.85. The Kier molecular flexibility index (Phi) is 6.73. The summed E-state index contributed by atoms with van der Waals surface area (Å²) in [6.45, 7) is 1.48. The molecular formula is C27H23NO6. The third-order valence-corrected chi connectivity index (χ3v) is 5.54. The predicted molar refractivity (Wildman–Crippen MR) is 127 cm³/mol. The average Bonchev–Trinajstić information content (AvgIpc) is 2.84. The van der Waals surface area contributed by atoms with Crippen molar-refractivity contribution in [2.45, 2.75) is 19.4 Å². The maximum absolute atomic E-state index is 12.6. The number of fused-ring (bicyclic) bond motifs is 1. The van der Waals surface area contributed by atoms with Crippen LogP contribution >= 0.6 is 0 Å². The van der Waals surface area contributed by atoms with Crippen molar-refractivity contribution in [1.82, 2.24) is 5.32 Å². The van der Waals surface area contributed by atoms with Crippen LogP contribution < -0.4 is 15.7 Å². The van der Waals surface area contributed by atoms with E-state index in [0.29, 0.717) is 28.9 Å². The first-order chi connectivity index (χ1) is 16.4. The lowest BCUT2D eigenvalue weighted by atomic mass is 10.00. The smallest absolute Gasteiger partial charge is 0.340 e. The number of hydrogen-bond acceptors (Lipinski definition) is 5. The summed E-state index contributed by atoms with van der Waals surface area (Å²) in [6.07, 6.45) is 0.468. The Bertz CT molecular complexity index is 1380. The van der Waals surface area contributed by atoms with Crippen molar-refractivity contribution >= 4 is 22.8 Å². The summed E-state index contributed by atoms with van der Waals surface area (Å²) in [5.41, 5.74) is 2.82. The first-order valence-electron chi connectivity index (χ1n) is 10.7. The summed E-state index contributed by atoms with van der Waals surface area (Å²) in [5.74, 6) is -1.44. The summed E-state index contributed by atoms with van der Waals surface area (Å²) in [6, 6.07) is 21.9. The van der Waals surface area contributed by atoms with E-state index in [2.05, 4.69) is 5.32 Å². The molecule has 172 valence electrons. The normalized spacial score (nSPS) is 11.7. The monoisotopic (exact) mass is 457 g/mol. The van der Waals surface area contributed by atoms with E-state index in [-0.39, 0.29) is 0 Å². The second-order valence-electron chi connectivity index (χ2n) is 7.85. The zero-order chi connectivity index (χ0) is 24.1. The topological polar surface area (TPSA) is 106 Å². The minimum absolute atomic E-state index is 0.326. The molecule has 1 aromatic heterocycles.